The Balaban J connectivity index is 1.75. The molecule has 0 aliphatic carbocycles. The van der Waals surface area contributed by atoms with Crippen LogP contribution in [0.3, 0.4) is 0 Å². The number of Topliss-reactive ketones (excluding diaryl/α,β-unsaturated/α-hetero) is 1. The minimum absolute atomic E-state index is 0.0396. The van der Waals surface area contributed by atoms with Gasteiger partial charge >= 0.3 is 0 Å². The van der Waals surface area contributed by atoms with Crippen molar-refractivity contribution in [2.24, 2.45) is 0 Å². The van der Waals surface area contributed by atoms with Crippen LogP contribution < -0.4 is 5.32 Å². The number of carbonyl (C=O) groups is 2. The topological polar surface area (TPSA) is 62.3 Å². The highest BCUT2D eigenvalue weighted by atomic mass is 16.2. The number of nitrogens with one attached hydrogen (secondary N) is 1. The zero-order valence-electron chi connectivity index (χ0n) is 15.4. The number of hydrogen-bond acceptors (Lipinski definition) is 4. The van der Waals surface area contributed by atoms with Gasteiger partial charge in [-0.3, -0.25) is 14.6 Å². The Morgan fingerprint density at radius 3 is 2.58 bits per heavy atom. The van der Waals surface area contributed by atoms with Gasteiger partial charge in [-0.1, -0.05) is 6.92 Å². The van der Waals surface area contributed by atoms with Gasteiger partial charge in [0.1, 0.15) is 0 Å². The predicted octanol–water partition coefficient (Wildman–Crippen LogP) is 4.43. The van der Waals surface area contributed by atoms with Crippen LogP contribution in [-0.4, -0.2) is 34.2 Å². The van der Waals surface area contributed by atoms with E-state index in [1.165, 1.54) is 6.42 Å². The third-order valence-corrected chi connectivity index (χ3v) is 4.92. The van der Waals surface area contributed by atoms with Gasteiger partial charge in [0.15, 0.2) is 5.78 Å². The van der Waals surface area contributed by atoms with Crippen LogP contribution in [0.2, 0.25) is 0 Å². The average Bonchev–Trinajstić information content (AvgIpc) is 2.68. The first-order chi connectivity index (χ1) is 12.6. The number of carbonyl (C=O) groups excluding carboxylic acids is 2. The summed E-state index contributed by atoms with van der Waals surface area (Å²) in [7, 11) is 0. The molecular formula is C21H25N3O2. The molecule has 136 valence electrons. The number of aromatic nitrogens is 1. The summed E-state index contributed by atoms with van der Waals surface area (Å²) >= 11 is 0. The second-order valence-electron chi connectivity index (χ2n) is 6.78. The molecule has 0 bridgehead atoms. The third kappa shape index (κ3) is 4.10. The van der Waals surface area contributed by atoms with Gasteiger partial charge in [-0.25, -0.2) is 0 Å². The summed E-state index contributed by atoms with van der Waals surface area (Å²) in [6.07, 6.45) is 7.65. The summed E-state index contributed by atoms with van der Waals surface area (Å²) < 4.78 is 0. The molecule has 1 N–H and O–H groups in total. The summed E-state index contributed by atoms with van der Waals surface area (Å²) in [6.45, 7) is 4.50. The normalized spacial score (nSPS) is 17.0. The van der Waals surface area contributed by atoms with Gasteiger partial charge in [0, 0.05) is 30.0 Å². The molecular weight excluding hydrogens is 326 g/mol. The largest absolute Gasteiger partial charge is 0.354 e. The molecule has 1 atom stereocenters. The predicted molar refractivity (Wildman–Crippen MR) is 103 cm³/mol. The van der Waals surface area contributed by atoms with Crippen molar-refractivity contribution >= 4 is 23.1 Å². The second kappa shape index (κ2) is 8.13. The van der Waals surface area contributed by atoms with E-state index in [-0.39, 0.29) is 11.7 Å². The van der Waals surface area contributed by atoms with Crippen LogP contribution in [0, 0.1) is 0 Å². The van der Waals surface area contributed by atoms with Gasteiger partial charge in [0.05, 0.1) is 17.4 Å². The van der Waals surface area contributed by atoms with Gasteiger partial charge in [0.25, 0.3) is 5.91 Å². The third-order valence-electron chi connectivity index (χ3n) is 4.92. The van der Waals surface area contributed by atoms with Crippen LogP contribution in [0.25, 0.3) is 0 Å². The fourth-order valence-corrected chi connectivity index (χ4v) is 3.44. The fraction of sp³-hybridized carbons (Fsp3) is 0.381. The lowest BCUT2D eigenvalue weighted by molar-refractivity contribution is 0.0607. The number of anilines is 2. The smallest absolute Gasteiger partial charge is 0.255 e. The van der Waals surface area contributed by atoms with Crippen LogP contribution in [-0.2, 0) is 0 Å². The minimum Gasteiger partial charge on any atom is -0.354 e. The van der Waals surface area contributed by atoms with E-state index in [1.807, 2.05) is 23.1 Å². The first-order valence-electron chi connectivity index (χ1n) is 9.22. The molecule has 2 aromatic rings. The van der Waals surface area contributed by atoms with Gasteiger partial charge in [-0.2, -0.15) is 0 Å². The van der Waals surface area contributed by atoms with Crippen LogP contribution in [0.15, 0.2) is 42.7 Å². The maximum atomic E-state index is 12.9. The highest BCUT2D eigenvalue weighted by molar-refractivity contribution is 5.95. The van der Waals surface area contributed by atoms with Crippen molar-refractivity contribution < 1.29 is 9.59 Å². The van der Waals surface area contributed by atoms with Crippen molar-refractivity contribution in [3.8, 4) is 0 Å². The molecule has 1 saturated heterocycles. The van der Waals surface area contributed by atoms with Crippen molar-refractivity contribution in [3.63, 3.8) is 0 Å². The second-order valence-corrected chi connectivity index (χ2v) is 6.78. The Morgan fingerprint density at radius 2 is 1.88 bits per heavy atom. The maximum Gasteiger partial charge on any atom is 0.255 e. The molecule has 1 aromatic carbocycles. The molecule has 1 amide bonds. The number of piperidine rings is 1. The van der Waals surface area contributed by atoms with E-state index < -0.39 is 0 Å². The van der Waals surface area contributed by atoms with Gasteiger partial charge in [-0.15, -0.1) is 0 Å². The zero-order chi connectivity index (χ0) is 18.5. The summed E-state index contributed by atoms with van der Waals surface area (Å²) in [5, 5.41) is 3.25. The molecule has 5 nitrogen and oxygen atoms in total. The highest BCUT2D eigenvalue weighted by Crippen LogP contribution is 2.23. The Hall–Kier alpha value is -2.69. The number of ketones is 1. The van der Waals surface area contributed by atoms with Crippen molar-refractivity contribution in [2.45, 2.75) is 45.6 Å². The monoisotopic (exact) mass is 351 g/mol. The van der Waals surface area contributed by atoms with Crippen LogP contribution in [0.1, 0.15) is 60.2 Å². The Morgan fingerprint density at radius 1 is 1.12 bits per heavy atom. The Kier molecular flexibility index (Phi) is 5.66. The molecule has 1 unspecified atom stereocenters. The van der Waals surface area contributed by atoms with Crippen LogP contribution in [0.4, 0.5) is 11.4 Å². The fourth-order valence-electron chi connectivity index (χ4n) is 3.44. The zero-order valence-corrected chi connectivity index (χ0v) is 15.4. The van der Waals surface area contributed by atoms with Crippen molar-refractivity contribution in [2.75, 3.05) is 11.9 Å². The lowest BCUT2D eigenvalue weighted by Crippen LogP contribution is -2.43. The van der Waals surface area contributed by atoms with E-state index in [0.717, 1.165) is 37.2 Å². The van der Waals surface area contributed by atoms with Crippen molar-refractivity contribution in [1.29, 1.82) is 0 Å². The quantitative estimate of drug-likeness (QED) is 0.809. The summed E-state index contributed by atoms with van der Waals surface area (Å²) in [4.78, 5) is 30.5. The highest BCUT2D eigenvalue weighted by Gasteiger charge is 2.26. The molecule has 26 heavy (non-hydrogen) atoms. The number of pyridine rings is 1. The molecule has 1 aliphatic heterocycles. The summed E-state index contributed by atoms with van der Waals surface area (Å²) in [5.41, 5.74) is 2.89. The van der Waals surface area contributed by atoms with Crippen LogP contribution >= 0.6 is 0 Å². The van der Waals surface area contributed by atoms with E-state index in [0.29, 0.717) is 17.2 Å². The molecule has 1 aromatic heterocycles. The molecule has 0 radical (unpaired) electrons. The first kappa shape index (κ1) is 18.1. The van der Waals surface area contributed by atoms with Crippen molar-refractivity contribution in [1.82, 2.24) is 9.88 Å². The lowest BCUT2D eigenvalue weighted by Gasteiger charge is -2.35. The molecule has 0 spiro atoms. The molecule has 5 heteroatoms. The van der Waals surface area contributed by atoms with E-state index in [1.54, 1.807) is 31.5 Å². The lowest BCUT2D eigenvalue weighted by atomic mass is 9.99. The van der Waals surface area contributed by atoms with Gasteiger partial charge in [0.2, 0.25) is 0 Å². The molecule has 0 saturated carbocycles. The van der Waals surface area contributed by atoms with E-state index >= 15 is 0 Å². The Bertz CT molecular complexity index is 786. The molecule has 2 heterocycles. The number of amides is 1. The van der Waals surface area contributed by atoms with Gasteiger partial charge in [-0.05, 0) is 62.9 Å². The van der Waals surface area contributed by atoms with Gasteiger partial charge < -0.3 is 10.2 Å². The number of hydrogen-bond donors (Lipinski definition) is 1. The molecule has 3 rings (SSSR count). The SMILES string of the molecule is CCC1CCCCN1C(=O)c1cncc(Nc2ccc(C(C)=O)cc2)c1. The van der Waals surface area contributed by atoms with E-state index in [9.17, 15) is 9.59 Å². The van der Waals surface area contributed by atoms with Crippen molar-refractivity contribution in [3.05, 3.63) is 53.9 Å². The molecule has 1 aliphatic rings. The van der Waals surface area contributed by atoms with E-state index in [2.05, 4.69) is 17.2 Å². The average molecular weight is 351 g/mol. The standard InChI is InChI=1S/C21H25N3O2/c1-3-20-6-4-5-11-24(20)21(26)17-12-19(14-22-13-17)23-18-9-7-16(8-10-18)15(2)25/h7-10,12-14,20,23H,3-6,11H2,1-2H3. The number of likely N-dealkylation sites (tertiary alicyclic amines) is 1. The number of benzene rings is 1. The maximum absolute atomic E-state index is 12.9. The molecule has 1 fully saturated rings. The summed E-state index contributed by atoms with van der Waals surface area (Å²) in [5.74, 6) is 0.0949. The first-order valence-corrected chi connectivity index (χ1v) is 9.22. The van der Waals surface area contributed by atoms with E-state index in [4.69, 9.17) is 0 Å². The Labute approximate surface area is 154 Å². The summed E-state index contributed by atoms with van der Waals surface area (Å²) in [6, 6.07) is 9.44. The number of nitrogens with zero attached hydrogens (tertiary/aromatic N) is 2. The number of rotatable bonds is 5. The minimum atomic E-state index is 0.0396. The van der Waals surface area contributed by atoms with Crippen LogP contribution in [0.5, 0.6) is 0 Å².